The molecule has 0 aliphatic heterocycles. The molecule has 3 rings (SSSR count). The Morgan fingerprint density at radius 3 is 2.50 bits per heavy atom. The summed E-state index contributed by atoms with van der Waals surface area (Å²) in [6, 6.07) is 8.24. The lowest BCUT2D eigenvalue weighted by molar-refractivity contribution is -0.137. The van der Waals surface area contributed by atoms with E-state index >= 15 is 0 Å². The molecular weight excluding hydrogens is 479 g/mol. The molecule has 1 aromatic heterocycles. The maximum Gasteiger partial charge on any atom is 0.416 e. The van der Waals surface area contributed by atoms with Gasteiger partial charge in [-0.15, -0.1) is 0 Å². The molecule has 0 aliphatic carbocycles. The number of fused-ring (bicyclic) bond motifs is 1. The molecule has 3 nitrogen and oxygen atoms in total. The molecule has 9 heteroatoms. The minimum Gasteiger partial charge on any atom is -0.311 e. The Kier molecular flexibility index (Phi) is 6.03. The highest BCUT2D eigenvalue weighted by atomic mass is 79.9. The smallest absolute Gasteiger partial charge is 0.311 e. The second-order valence-electron chi connectivity index (χ2n) is 6.05. The van der Waals surface area contributed by atoms with E-state index in [1.807, 2.05) is 0 Å². The van der Waals surface area contributed by atoms with Crippen molar-refractivity contribution in [3.05, 3.63) is 73.6 Å². The van der Waals surface area contributed by atoms with Crippen molar-refractivity contribution >= 4 is 49.1 Å². The first-order valence-electron chi connectivity index (χ1n) is 8.18. The van der Waals surface area contributed by atoms with Crippen LogP contribution >= 0.6 is 27.5 Å². The van der Waals surface area contributed by atoms with Crippen molar-refractivity contribution in [2.75, 3.05) is 5.75 Å². The van der Waals surface area contributed by atoms with E-state index < -0.39 is 28.1 Å². The minimum atomic E-state index is -4.57. The molecule has 0 saturated heterocycles. The van der Waals surface area contributed by atoms with Gasteiger partial charge in [-0.2, -0.15) is 13.2 Å². The normalized spacial score (nSPS) is 13.1. The lowest BCUT2D eigenvalue weighted by Crippen LogP contribution is -2.21. The van der Waals surface area contributed by atoms with Gasteiger partial charge < -0.3 is 4.57 Å². The number of hydrogen-bond acceptors (Lipinski definition) is 2. The highest BCUT2D eigenvalue weighted by Gasteiger charge is 2.31. The van der Waals surface area contributed by atoms with Crippen LogP contribution in [0.15, 0.2) is 56.8 Å². The van der Waals surface area contributed by atoms with Crippen LogP contribution in [-0.4, -0.2) is 14.5 Å². The fourth-order valence-corrected chi connectivity index (χ4v) is 4.61. The van der Waals surface area contributed by atoms with Crippen LogP contribution in [0.3, 0.4) is 0 Å². The third-order valence-corrected chi connectivity index (χ3v) is 6.54. The molecule has 0 bridgehead atoms. The van der Waals surface area contributed by atoms with E-state index in [-0.39, 0.29) is 16.4 Å². The van der Waals surface area contributed by atoms with Gasteiger partial charge in [0.1, 0.15) is 0 Å². The molecule has 0 saturated carbocycles. The lowest BCUT2D eigenvalue weighted by atomic mass is 10.1. The molecular formula is C19H14BrClF3NO2S. The van der Waals surface area contributed by atoms with Crippen LogP contribution in [0.25, 0.3) is 10.8 Å². The Bertz CT molecular complexity index is 1140. The molecule has 1 heterocycles. The minimum absolute atomic E-state index is 0.0459. The Morgan fingerprint density at radius 1 is 1.14 bits per heavy atom. The summed E-state index contributed by atoms with van der Waals surface area (Å²) in [6.07, 6.45) is -3.07. The summed E-state index contributed by atoms with van der Waals surface area (Å²) in [5, 5.41) is 0.755. The van der Waals surface area contributed by atoms with Crippen LogP contribution in [0.1, 0.15) is 18.1 Å². The zero-order valence-electron chi connectivity index (χ0n) is 14.5. The average Bonchev–Trinajstić information content (AvgIpc) is 2.63. The first-order valence-corrected chi connectivity index (χ1v) is 10.7. The number of rotatable bonds is 4. The van der Waals surface area contributed by atoms with Crippen molar-refractivity contribution in [3.63, 3.8) is 0 Å². The van der Waals surface area contributed by atoms with Crippen molar-refractivity contribution in [2.24, 2.45) is 0 Å². The van der Waals surface area contributed by atoms with Gasteiger partial charge in [-0.05, 0) is 42.0 Å². The molecule has 1 unspecified atom stereocenters. The Balaban J connectivity index is 2.16. The molecule has 0 radical (unpaired) electrons. The predicted molar refractivity (Wildman–Crippen MR) is 108 cm³/mol. The SMILES string of the molecule is CCS(=O)c1ccc(Cl)cc1Cn1ccc2c(Br)cc(C(F)(F)F)cc2c1=O. The molecule has 148 valence electrons. The summed E-state index contributed by atoms with van der Waals surface area (Å²) in [7, 11) is -1.27. The van der Waals surface area contributed by atoms with E-state index in [9.17, 15) is 22.2 Å². The lowest BCUT2D eigenvalue weighted by Gasteiger charge is -2.14. The average molecular weight is 493 g/mol. The summed E-state index contributed by atoms with van der Waals surface area (Å²) < 4.78 is 53.1. The standard InChI is InChI=1S/C19H14BrClF3NO2S/c1-2-28(27)17-4-3-13(21)7-11(17)10-25-6-5-14-15(18(25)26)8-12(9-16(14)20)19(22,23)24/h3-9H,2,10H2,1H3. The topological polar surface area (TPSA) is 39.1 Å². The first kappa shape index (κ1) is 21.1. The number of benzene rings is 2. The van der Waals surface area contributed by atoms with Gasteiger partial charge in [0.2, 0.25) is 0 Å². The van der Waals surface area contributed by atoms with Gasteiger partial charge in [-0.25, -0.2) is 0 Å². The maximum atomic E-state index is 13.1. The molecule has 2 aromatic carbocycles. The Labute approximate surface area is 174 Å². The van der Waals surface area contributed by atoms with Gasteiger partial charge in [0.25, 0.3) is 5.56 Å². The van der Waals surface area contributed by atoms with Gasteiger partial charge in [0.05, 0.1) is 22.9 Å². The second-order valence-corrected chi connectivity index (χ2v) is 9.05. The predicted octanol–water partition coefficient (Wildman–Crippen LogP) is 5.61. The van der Waals surface area contributed by atoms with Crippen LogP contribution < -0.4 is 5.56 Å². The molecule has 0 amide bonds. The summed E-state index contributed by atoms with van der Waals surface area (Å²) in [6.45, 7) is 1.82. The van der Waals surface area contributed by atoms with Crippen LogP contribution in [0.2, 0.25) is 5.02 Å². The highest BCUT2D eigenvalue weighted by Crippen LogP contribution is 2.34. The number of hydrogen-bond donors (Lipinski definition) is 0. The van der Waals surface area contributed by atoms with Crippen molar-refractivity contribution in [1.82, 2.24) is 4.57 Å². The molecule has 0 N–H and O–H groups in total. The number of halogens is 5. The van der Waals surface area contributed by atoms with E-state index in [1.54, 1.807) is 31.2 Å². The van der Waals surface area contributed by atoms with Gasteiger partial charge in [-0.1, -0.05) is 34.5 Å². The van der Waals surface area contributed by atoms with Crippen molar-refractivity contribution in [3.8, 4) is 0 Å². The molecule has 0 aliphatic rings. The van der Waals surface area contributed by atoms with E-state index in [4.69, 9.17) is 11.6 Å². The van der Waals surface area contributed by atoms with E-state index in [0.717, 1.165) is 12.1 Å². The van der Waals surface area contributed by atoms with Crippen LogP contribution in [-0.2, 0) is 23.5 Å². The van der Waals surface area contributed by atoms with E-state index in [1.165, 1.54) is 10.8 Å². The third-order valence-electron chi connectivity index (χ3n) is 4.24. The van der Waals surface area contributed by atoms with Crippen LogP contribution in [0.4, 0.5) is 13.2 Å². The van der Waals surface area contributed by atoms with Crippen LogP contribution in [0.5, 0.6) is 0 Å². The largest absolute Gasteiger partial charge is 0.416 e. The first-order chi connectivity index (χ1) is 13.1. The Hall–Kier alpha value is -1.64. The zero-order chi connectivity index (χ0) is 20.6. The van der Waals surface area contributed by atoms with Gasteiger partial charge >= 0.3 is 6.18 Å². The number of aromatic nitrogens is 1. The summed E-state index contributed by atoms with van der Waals surface area (Å²) in [4.78, 5) is 13.4. The number of pyridine rings is 1. The third kappa shape index (κ3) is 4.18. The van der Waals surface area contributed by atoms with Crippen molar-refractivity contribution in [1.29, 1.82) is 0 Å². The fourth-order valence-electron chi connectivity index (χ4n) is 2.87. The van der Waals surface area contributed by atoms with E-state index in [2.05, 4.69) is 15.9 Å². The summed E-state index contributed by atoms with van der Waals surface area (Å²) >= 11 is 9.15. The number of alkyl halides is 3. The summed E-state index contributed by atoms with van der Waals surface area (Å²) in [5.41, 5.74) is -0.894. The van der Waals surface area contributed by atoms with Gasteiger partial charge in [-0.3, -0.25) is 9.00 Å². The Morgan fingerprint density at radius 2 is 1.86 bits per heavy atom. The van der Waals surface area contributed by atoms with Crippen LogP contribution in [0, 0.1) is 0 Å². The molecule has 0 spiro atoms. The quantitative estimate of drug-likeness (QED) is 0.475. The molecule has 0 fully saturated rings. The molecule has 28 heavy (non-hydrogen) atoms. The fraction of sp³-hybridized carbons (Fsp3) is 0.211. The highest BCUT2D eigenvalue weighted by molar-refractivity contribution is 9.10. The maximum absolute atomic E-state index is 13.1. The van der Waals surface area contributed by atoms with Gasteiger partial charge in [0, 0.05) is 37.1 Å². The van der Waals surface area contributed by atoms with Crippen molar-refractivity contribution < 1.29 is 17.4 Å². The van der Waals surface area contributed by atoms with Crippen molar-refractivity contribution in [2.45, 2.75) is 24.5 Å². The monoisotopic (exact) mass is 491 g/mol. The zero-order valence-corrected chi connectivity index (χ0v) is 17.7. The van der Waals surface area contributed by atoms with Gasteiger partial charge in [0.15, 0.2) is 0 Å². The molecule has 1 atom stereocenters. The van der Waals surface area contributed by atoms with E-state index in [0.29, 0.717) is 26.6 Å². The second kappa shape index (κ2) is 8.00. The molecule has 3 aromatic rings. The number of nitrogens with zero attached hydrogens (tertiary/aromatic N) is 1. The summed E-state index contributed by atoms with van der Waals surface area (Å²) in [5.74, 6) is 0.392.